The zero-order chi connectivity index (χ0) is 19.3. The Kier molecular flexibility index (Phi) is 5.06. The number of rotatable bonds is 4. The lowest BCUT2D eigenvalue weighted by Crippen LogP contribution is -2.24. The minimum atomic E-state index is -0.545. The number of nitro groups is 1. The molecule has 1 heterocycles. The van der Waals surface area contributed by atoms with Crippen LogP contribution in [0.3, 0.4) is 0 Å². The Morgan fingerprint density at radius 1 is 1.07 bits per heavy atom. The van der Waals surface area contributed by atoms with Gasteiger partial charge in [0.1, 0.15) is 0 Å². The summed E-state index contributed by atoms with van der Waals surface area (Å²) in [6.07, 6.45) is 0.558. The zero-order valence-corrected chi connectivity index (χ0v) is 15.9. The van der Waals surface area contributed by atoms with Crippen molar-refractivity contribution in [2.45, 2.75) is 19.9 Å². The van der Waals surface area contributed by atoms with E-state index in [2.05, 4.69) is 0 Å². The van der Waals surface area contributed by atoms with Crippen molar-refractivity contribution in [2.75, 3.05) is 6.54 Å². The lowest BCUT2D eigenvalue weighted by atomic mass is 10.0. The van der Waals surface area contributed by atoms with E-state index >= 15 is 0 Å². The van der Waals surface area contributed by atoms with Crippen molar-refractivity contribution >= 4 is 34.7 Å². The molecule has 0 saturated carbocycles. The van der Waals surface area contributed by atoms with Crippen LogP contribution in [0, 0.1) is 17.0 Å². The summed E-state index contributed by atoms with van der Waals surface area (Å²) in [7, 11) is 0. The van der Waals surface area contributed by atoms with Gasteiger partial charge in [0.15, 0.2) is 5.78 Å². The number of halogens is 1. The first-order chi connectivity index (χ1) is 12.9. The summed E-state index contributed by atoms with van der Waals surface area (Å²) < 4.78 is 1.54. The van der Waals surface area contributed by atoms with Crippen LogP contribution in [0.15, 0.2) is 41.2 Å². The summed E-state index contributed by atoms with van der Waals surface area (Å²) in [5.41, 5.74) is 8.32. The third-order valence-corrected chi connectivity index (χ3v) is 4.95. The second-order valence-corrected chi connectivity index (χ2v) is 6.69. The molecule has 0 atom stereocenters. The summed E-state index contributed by atoms with van der Waals surface area (Å²) in [6, 6.07) is 9.64. The summed E-state index contributed by atoms with van der Waals surface area (Å²) in [5.74, 6) is -0.163. The fourth-order valence-electron chi connectivity index (χ4n) is 3.71. The Bertz CT molecular complexity index is 1200. The van der Waals surface area contributed by atoms with Crippen LogP contribution in [0.5, 0.6) is 0 Å². The number of nitrogens with two attached hydrogens (primary N) is 1. The first-order valence-electron chi connectivity index (χ1n) is 8.64. The molecule has 0 bridgehead atoms. The summed E-state index contributed by atoms with van der Waals surface area (Å²) in [5, 5.41) is 11.8. The number of fused-ring (bicyclic) bond motifs is 5. The van der Waals surface area contributed by atoms with Gasteiger partial charge in [-0.25, -0.2) is 0 Å². The molecule has 0 spiro atoms. The van der Waals surface area contributed by atoms with Crippen LogP contribution in [-0.2, 0) is 6.54 Å². The van der Waals surface area contributed by atoms with E-state index in [9.17, 15) is 19.7 Å². The van der Waals surface area contributed by atoms with Crippen LogP contribution >= 0.6 is 12.4 Å². The van der Waals surface area contributed by atoms with Gasteiger partial charge in [-0.2, -0.15) is 0 Å². The molecule has 4 rings (SSSR count). The quantitative estimate of drug-likeness (QED) is 0.418. The van der Waals surface area contributed by atoms with E-state index in [1.165, 1.54) is 22.8 Å². The molecule has 28 heavy (non-hydrogen) atoms. The molecule has 144 valence electrons. The maximum absolute atomic E-state index is 13.1. The van der Waals surface area contributed by atoms with Crippen molar-refractivity contribution in [3.63, 3.8) is 0 Å². The Morgan fingerprint density at radius 2 is 1.82 bits per heavy atom. The number of pyridine rings is 1. The van der Waals surface area contributed by atoms with Crippen molar-refractivity contribution in [2.24, 2.45) is 5.73 Å². The van der Waals surface area contributed by atoms with Crippen molar-refractivity contribution in [1.82, 2.24) is 4.57 Å². The summed E-state index contributed by atoms with van der Waals surface area (Å²) in [4.78, 5) is 36.9. The highest BCUT2D eigenvalue weighted by molar-refractivity contribution is 6.26. The Balaban J connectivity index is 0.00000225. The summed E-state index contributed by atoms with van der Waals surface area (Å²) in [6.45, 7) is 2.64. The molecule has 7 nitrogen and oxygen atoms in total. The number of nitrogens with zero attached hydrogens (tertiary/aromatic N) is 2. The third kappa shape index (κ3) is 2.80. The molecule has 0 saturated heterocycles. The van der Waals surface area contributed by atoms with E-state index in [0.29, 0.717) is 41.7 Å². The van der Waals surface area contributed by atoms with Gasteiger partial charge in [0.25, 0.3) is 11.2 Å². The average molecular weight is 400 g/mol. The fourth-order valence-corrected chi connectivity index (χ4v) is 3.71. The van der Waals surface area contributed by atoms with E-state index < -0.39 is 4.92 Å². The van der Waals surface area contributed by atoms with E-state index in [0.717, 1.165) is 11.1 Å². The number of aromatic nitrogens is 1. The standard InChI is InChI=1S/C20H17N3O4.ClH/c1-11-3-5-14-15(9-11)19(24)17-13-6-4-12(23(26)27)10-16(13)20(25)22(18(14)17)8-2-7-21;/h3-6,9-10H,2,7-8,21H2,1H3;1H. The Labute approximate surface area is 166 Å². The van der Waals surface area contributed by atoms with Gasteiger partial charge >= 0.3 is 0 Å². The second kappa shape index (κ2) is 7.18. The Morgan fingerprint density at radius 3 is 2.50 bits per heavy atom. The van der Waals surface area contributed by atoms with Gasteiger partial charge in [0, 0.05) is 35.2 Å². The lowest BCUT2D eigenvalue weighted by Gasteiger charge is -2.14. The van der Waals surface area contributed by atoms with Crippen molar-refractivity contribution < 1.29 is 9.72 Å². The normalized spacial score (nSPS) is 11.9. The minimum absolute atomic E-state index is 0. The largest absolute Gasteiger partial charge is 0.330 e. The number of hydrogen-bond acceptors (Lipinski definition) is 5. The van der Waals surface area contributed by atoms with Gasteiger partial charge in [-0.05, 0) is 32.0 Å². The van der Waals surface area contributed by atoms with Gasteiger partial charge in [0.05, 0.1) is 21.6 Å². The van der Waals surface area contributed by atoms with Crippen molar-refractivity contribution in [3.8, 4) is 11.3 Å². The molecule has 2 aromatic carbocycles. The molecule has 0 fully saturated rings. The van der Waals surface area contributed by atoms with E-state index in [1.54, 1.807) is 0 Å². The van der Waals surface area contributed by atoms with Crippen LogP contribution in [0.25, 0.3) is 22.0 Å². The maximum atomic E-state index is 13.1. The number of ketones is 1. The van der Waals surface area contributed by atoms with Gasteiger partial charge in [-0.3, -0.25) is 19.7 Å². The van der Waals surface area contributed by atoms with Gasteiger partial charge in [-0.15, -0.1) is 12.4 Å². The number of non-ortho nitro benzene ring substituents is 1. The highest BCUT2D eigenvalue weighted by atomic mass is 35.5. The molecule has 3 aromatic rings. The first kappa shape index (κ1) is 19.7. The lowest BCUT2D eigenvalue weighted by molar-refractivity contribution is -0.384. The number of benzene rings is 2. The van der Waals surface area contributed by atoms with Crippen LogP contribution in [0.4, 0.5) is 5.69 Å². The molecule has 0 aliphatic heterocycles. The molecule has 2 N–H and O–H groups in total. The fraction of sp³-hybridized carbons (Fsp3) is 0.200. The topological polar surface area (TPSA) is 108 Å². The highest BCUT2D eigenvalue weighted by Crippen LogP contribution is 2.40. The molecule has 8 heteroatoms. The van der Waals surface area contributed by atoms with Crippen LogP contribution < -0.4 is 11.3 Å². The molecular formula is C20H18ClN3O4. The molecule has 0 unspecified atom stereocenters. The molecule has 0 amide bonds. The van der Waals surface area contributed by atoms with Crippen LogP contribution in [-0.4, -0.2) is 21.8 Å². The van der Waals surface area contributed by atoms with Crippen molar-refractivity contribution in [3.05, 3.63) is 73.6 Å². The zero-order valence-electron chi connectivity index (χ0n) is 15.1. The number of nitro benzene ring substituents is 1. The number of carbonyl (C=O) groups is 1. The first-order valence-corrected chi connectivity index (χ1v) is 8.64. The van der Waals surface area contributed by atoms with E-state index in [4.69, 9.17) is 5.73 Å². The molecule has 1 aliphatic carbocycles. The maximum Gasteiger partial charge on any atom is 0.270 e. The predicted molar refractivity (Wildman–Crippen MR) is 109 cm³/mol. The molecule has 1 aromatic heterocycles. The minimum Gasteiger partial charge on any atom is -0.330 e. The third-order valence-electron chi connectivity index (χ3n) is 4.95. The smallest absolute Gasteiger partial charge is 0.270 e. The number of carbonyl (C=O) groups excluding carboxylic acids is 1. The number of hydrogen-bond donors (Lipinski definition) is 1. The number of aryl methyl sites for hydroxylation is 1. The van der Waals surface area contributed by atoms with Crippen LogP contribution in [0.1, 0.15) is 27.9 Å². The SMILES string of the molecule is Cc1ccc2c(c1)C(=O)c1c-2n(CCCN)c(=O)c2cc([N+](=O)[O-])ccc12.Cl. The predicted octanol–water partition coefficient (Wildman–Crippen LogP) is 3.20. The van der Waals surface area contributed by atoms with E-state index in [-0.39, 0.29) is 34.8 Å². The van der Waals surface area contributed by atoms with Gasteiger partial charge in [-0.1, -0.05) is 17.7 Å². The average Bonchev–Trinajstić information content (AvgIpc) is 2.93. The monoisotopic (exact) mass is 399 g/mol. The highest BCUT2D eigenvalue weighted by Gasteiger charge is 2.33. The molecule has 1 aliphatic rings. The summed E-state index contributed by atoms with van der Waals surface area (Å²) >= 11 is 0. The molecular weight excluding hydrogens is 382 g/mol. The second-order valence-electron chi connectivity index (χ2n) is 6.69. The Hall–Kier alpha value is -3.03. The van der Waals surface area contributed by atoms with Gasteiger partial charge in [0.2, 0.25) is 0 Å². The van der Waals surface area contributed by atoms with Gasteiger partial charge < -0.3 is 10.3 Å². The van der Waals surface area contributed by atoms with Crippen LogP contribution in [0.2, 0.25) is 0 Å². The van der Waals surface area contributed by atoms with Crippen molar-refractivity contribution in [1.29, 1.82) is 0 Å². The molecule has 0 radical (unpaired) electrons. The van der Waals surface area contributed by atoms with E-state index in [1.807, 2.05) is 25.1 Å².